The predicted octanol–water partition coefficient (Wildman–Crippen LogP) is 5.70. The van der Waals surface area contributed by atoms with Crippen LogP contribution in [-0.2, 0) is 0 Å². The van der Waals surface area contributed by atoms with E-state index < -0.39 is 0 Å². The predicted molar refractivity (Wildman–Crippen MR) is 136 cm³/mol. The largest absolute Gasteiger partial charge is 0.313 e. The van der Waals surface area contributed by atoms with Crippen LogP contribution >= 0.6 is 18.5 Å². The molecule has 2 heterocycles. The molecule has 3 aliphatic rings. The summed E-state index contributed by atoms with van der Waals surface area (Å²) in [5.41, 5.74) is 5.34. The number of allylic oxidation sites excluding steroid dienone is 3. The van der Waals surface area contributed by atoms with Crippen LogP contribution < -0.4 is 10.6 Å². The fourth-order valence-electron chi connectivity index (χ4n) is 6.01. The first kappa shape index (κ1) is 23.9. The zero-order valence-corrected chi connectivity index (χ0v) is 22.1. The molecule has 2 nitrogen and oxygen atoms in total. The summed E-state index contributed by atoms with van der Waals surface area (Å²) < 4.78 is 0. The minimum Gasteiger partial charge on any atom is -0.313 e. The van der Waals surface area contributed by atoms with Gasteiger partial charge < -0.3 is 10.6 Å². The second kappa shape index (κ2) is 9.02. The molecular weight excluding hydrogens is 390 g/mol. The van der Waals surface area contributed by atoms with Crippen LogP contribution in [-0.4, -0.2) is 36.5 Å². The fourth-order valence-corrected chi connectivity index (χ4v) is 7.26. The Balaban J connectivity index is 2.22. The van der Waals surface area contributed by atoms with Gasteiger partial charge in [-0.25, -0.2) is 0 Å². The molecule has 0 bridgehead atoms. The van der Waals surface area contributed by atoms with Crippen molar-refractivity contribution >= 4 is 18.5 Å². The standard InChI is InChI=1S/C25H46N2P2/c1-23(2,3)18-15-17(16-28)21(22(18)24(4,5)6)25(29,19-11-7-9-13-26-19)20-12-8-10-14-27-20/h15,18-20,26-27H,7-14,16,28-29H2,1-6H3. The summed E-state index contributed by atoms with van der Waals surface area (Å²) in [6.45, 7) is 16.9. The van der Waals surface area contributed by atoms with E-state index in [-0.39, 0.29) is 16.0 Å². The lowest BCUT2D eigenvalue weighted by molar-refractivity contribution is 0.252. The van der Waals surface area contributed by atoms with Gasteiger partial charge in [-0.1, -0.05) is 66.0 Å². The molecule has 4 heteroatoms. The Morgan fingerprint density at radius 3 is 1.76 bits per heavy atom. The maximum Gasteiger partial charge on any atom is 0.0404 e. The minimum atomic E-state index is 0.0614. The first-order valence-electron chi connectivity index (χ1n) is 11.9. The maximum atomic E-state index is 3.98. The first-order chi connectivity index (χ1) is 13.5. The number of hydrogen-bond donors (Lipinski definition) is 2. The highest BCUT2D eigenvalue weighted by atomic mass is 31.0. The molecule has 2 saturated heterocycles. The van der Waals surface area contributed by atoms with Crippen molar-refractivity contribution in [2.75, 3.05) is 19.3 Å². The summed E-state index contributed by atoms with van der Waals surface area (Å²) in [5, 5.41) is 8.01. The molecule has 29 heavy (non-hydrogen) atoms. The monoisotopic (exact) mass is 436 g/mol. The lowest BCUT2D eigenvalue weighted by atomic mass is 9.66. The lowest BCUT2D eigenvalue weighted by Crippen LogP contribution is -2.62. The van der Waals surface area contributed by atoms with Crippen LogP contribution in [0.3, 0.4) is 0 Å². The van der Waals surface area contributed by atoms with E-state index >= 15 is 0 Å². The van der Waals surface area contributed by atoms with Crippen molar-refractivity contribution in [3.05, 3.63) is 22.8 Å². The third-order valence-electron chi connectivity index (χ3n) is 7.44. The Labute approximate surface area is 185 Å². The van der Waals surface area contributed by atoms with Crippen LogP contribution in [0.4, 0.5) is 0 Å². The summed E-state index contributed by atoms with van der Waals surface area (Å²) in [6, 6.07) is 1.06. The van der Waals surface area contributed by atoms with Crippen molar-refractivity contribution < 1.29 is 0 Å². The van der Waals surface area contributed by atoms with Crippen LogP contribution in [0.1, 0.15) is 80.1 Å². The van der Waals surface area contributed by atoms with E-state index in [2.05, 4.69) is 76.7 Å². The van der Waals surface area contributed by atoms with E-state index in [1.807, 2.05) is 0 Å². The molecule has 0 spiro atoms. The zero-order valence-electron chi connectivity index (χ0n) is 19.8. The van der Waals surface area contributed by atoms with E-state index in [0.29, 0.717) is 18.0 Å². The van der Waals surface area contributed by atoms with E-state index in [0.717, 1.165) is 19.3 Å². The number of hydrogen-bond acceptors (Lipinski definition) is 2. The molecule has 0 saturated carbocycles. The summed E-state index contributed by atoms with van der Waals surface area (Å²) in [4.78, 5) is 0. The Kier molecular flexibility index (Phi) is 7.44. The van der Waals surface area contributed by atoms with Crippen molar-refractivity contribution in [1.82, 2.24) is 10.6 Å². The average Bonchev–Trinajstić information content (AvgIpc) is 3.10. The first-order valence-corrected chi connectivity index (χ1v) is 13.3. The smallest absolute Gasteiger partial charge is 0.0404 e. The van der Waals surface area contributed by atoms with Gasteiger partial charge in [0.15, 0.2) is 0 Å². The normalized spacial score (nSPS) is 31.6. The number of piperidine rings is 2. The Morgan fingerprint density at radius 2 is 1.41 bits per heavy atom. The SMILES string of the molecule is CC(C)(C)C1=C(C(P)(C2CCCCN2)C2CCCCN2)C(CP)=CC1C(C)(C)C. The molecule has 2 fully saturated rings. The van der Waals surface area contributed by atoms with E-state index in [9.17, 15) is 0 Å². The summed E-state index contributed by atoms with van der Waals surface area (Å²) >= 11 is 0. The van der Waals surface area contributed by atoms with Gasteiger partial charge in [-0.3, -0.25) is 0 Å². The fraction of sp³-hybridized carbons (Fsp3) is 0.840. The van der Waals surface area contributed by atoms with Gasteiger partial charge in [-0.2, -0.15) is 0 Å². The molecule has 1 aliphatic carbocycles. The Hall–Kier alpha value is 0.260. The van der Waals surface area contributed by atoms with Crippen molar-refractivity contribution in [3.8, 4) is 0 Å². The highest BCUT2D eigenvalue weighted by molar-refractivity contribution is 7.20. The van der Waals surface area contributed by atoms with Gasteiger partial charge in [0, 0.05) is 23.2 Å². The van der Waals surface area contributed by atoms with E-state index in [1.165, 1.54) is 38.5 Å². The molecule has 0 amide bonds. The van der Waals surface area contributed by atoms with Gasteiger partial charge in [0.2, 0.25) is 0 Å². The molecule has 2 N–H and O–H groups in total. The summed E-state index contributed by atoms with van der Waals surface area (Å²) in [6.07, 6.45) is 11.6. The second-order valence-corrected chi connectivity index (χ2v) is 13.1. The lowest BCUT2D eigenvalue weighted by Gasteiger charge is -2.50. The third kappa shape index (κ3) is 4.72. The van der Waals surface area contributed by atoms with Crippen molar-refractivity contribution in [2.24, 2.45) is 16.7 Å². The van der Waals surface area contributed by atoms with Crippen molar-refractivity contribution in [3.63, 3.8) is 0 Å². The van der Waals surface area contributed by atoms with Crippen molar-refractivity contribution in [2.45, 2.75) is 97.3 Å². The molecule has 166 valence electrons. The van der Waals surface area contributed by atoms with E-state index in [1.54, 1.807) is 16.7 Å². The van der Waals surface area contributed by atoms with Crippen LogP contribution in [0.25, 0.3) is 0 Å². The molecule has 0 aromatic rings. The molecule has 0 aromatic carbocycles. The van der Waals surface area contributed by atoms with Crippen LogP contribution in [0.15, 0.2) is 22.8 Å². The quantitative estimate of drug-likeness (QED) is 0.552. The van der Waals surface area contributed by atoms with Gasteiger partial charge in [0.05, 0.1) is 0 Å². The van der Waals surface area contributed by atoms with Gasteiger partial charge in [0.1, 0.15) is 0 Å². The van der Waals surface area contributed by atoms with Crippen LogP contribution in [0, 0.1) is 16.7 Å². The summed E-state index contributed by atoms with van der Waals surface area (Å²) in [7, 11) is 6.50. The zero-order chi connectivity index (χ0) is 21.4. The topological polar surface area (TPSA) is 24.1 Å². The molecule has 2 aliphatic heterocycles. The highest BCUT2D eigenvalue weighted by Gasteiger charge is 2.51. The molecule has 0 aromatic heterocycles. The Bertz CT molecular complexity index is 621. The minimum absolute atomic E-state index is 0.0614. The molecule has 3 rings (SSSR count). The molecule has 5 atom stereocenters. The van der Waals surface area contributed by atoms with Gasteiger partial charge in [-0.15, -0.1) is 18.5 Å². The highest BCUT2D eigenvalue weighted by Crippen LogP contribution is 2.56. The second-order valence-electron chi connectivity index (χ2n) is 11.7. The number of nitrogens with one attached hydrogen (secondary N) is 2. The third-order valence-corrected chi connectivity index (χ3v) is 8.97. The van der Waals surface area contributed by atoms with Crippen LogP contribution in [0.2, 0.25) is 0 Å². The van der Waals surface area contributed by atoms with Crippen LogP contribution in [0.5, 0.6) is 0 Å². The maximum absolute atomic E-state index is 3.98. The molecule has 0 radical (unpaired) electrons. The average molecular weight is 437 g/mol. The summed E-state index contributed by atoms with van der Waals surface area (Å²) in [5.74, 6) is 0.514. The van der Waals surface area contributed by atoms with Gasteiger partial charge in [-0.05, 0) is 66.9 Å². The van der Waals surface area contributed by atoms with Crippen molar-refractivity contribution in [1.29, 1.82) is 0 Å². The van der Waals surface area contributed by atoms with Gasteiger partial charge in [0.25, 0.3) is 0 Å². The number of rotatable bonds is 4. The van der Waals surface area contributed by atoms with E-state index in [4.69, 9.17) is 0 Å². The van der Waals surface area contributed by atoms with Gasteiger partial charge >= 0.3 is 0 Å². The molecule has 5 unspecified atom stereocenters. The molecular formula is C25H46N2P2. The Morgan fingerprint density at radius 1 is 0.897 bits per heavy atom.